The third-order valence-electron chi connectivity index (χ3n) is 2.79. The minimum atomic E-state index is -0.198. The third-order valence-corrected chi connectivity index (χ3v) is 3.03. The third kappa shape index (κ3) is 3.16. The minimum Gasteiger partial charge on any atom is -0.378 e. The number of hydrogen-bond acceptors (Lipinski definition) is 3. The van der Waals surface area contributed by atoms with Crippen LogP contribution in [0.1, 0.15) is 5.56 Å². The smallest absolute Gasteiger partial charge is 0.253 e. The summed E-state index contributed by atoms with van der Waals surface area (Å²) in [5.41, 5.74) is 1.42. The average molecular weight is 289 g/mol. The monoisotopic (exact) mass is 288 g/mol. The first-order valence-electron chi connectivity index (χ1n) is 5.97. The van der Waals surface area contributed by atoms with E-state index < -0.39 is 0 Å². The lowest BCUT2D eigenvalue weighted by Gasteiger charge is -2.06. The first-order valence-corrected chi connectivity index (χ1v) is 6.35. The summed E-state index contributed by atoms with van der Waals surface area (Å²) in [6, 6.07) is 7.00. The Labute approximate surface area is 120 Å². The molecule has 0 bridgehead atoms. The topological polar surface area (TPSA) is 62.0 Å². The van der Waals surface area contributed by atoms with Crippen LogP contribution in [0.3, 0.4) is 0 Å². The number of carbonyl (C=O) groups excluding carboxylic acids is 1. The molecule has 0 spiro atoms. The van der Waals surface area contributed by atoms with Crippen LogP contribution in [0.5, 0.6) is 0 Å². The molecule has 0 atom stereocenters. The zero-order chi connectivity index (χ0) is 14.5. The molecule has 1 aromatic carbocycles. The van der Waals surface area contributed by atoms with Crippen molar-refractivity contribution in [3.05, 3.63) is 69.6 Å². The van der Waals surface area contributed by atoms with E-state index in [-0.39, 0.29) is 12.1 Å². The van der Waals surface area contributed by atoms with Crippen LogP contribution >= 0.6 is 11.6 Å². The number of aldehydes is 1. The SMILES string of the molecule is C=C/C=C(\C=O)NCc1cc2cc(Cl)ccc2[nH]c1=O. The molecule has 0 saturated carbocycles. The molecule has 0 amide bonds. The van der Waals surface area contributed by atoms with Crippen molar-refractivity contribution in [1.29, 1.82) is 0 Å². The highest BCUT2D eigenvalue weighted by atomic mass is 35.5. The van der Waals surface area contributed by atoms with Crippen molar-refractivity contribution < 1.29 is 4.79 Å². The predicted octanol–water partition coefficient (Wildman–Crippen LogP) is 2.54. The number of fused-ring (bicyclic) bond motifs is 1. The molecule has 0 fully saturated rings. The summed E-state index contributed by atoms with van der Waals surface area (Å²) >= 11 is 5.93. The summed E-state index contributed by atoms with van der Waals surface area (Å²) in [6.07, 6.45) is 3.72. The van der Waals surface area contributed by atoms with Crippen LogP contribution < -0.4 is 10.9 Å². The van der Waals surface area contributed by atoms with Crippen molar-refractivity contribution in [2.24, 2.45) is 0 Å². The van der Waals surface area contributed by atoms with Crippen molar-refractivity contribution in [3.8, 4) is 0 Å². The fraction of sp³-hybridized carbons (Fsp3) is 0.0667. The largest absolute Gasteiger partial charge is 0.378 e. The van der Waals surface area contributed by atoms with Crippen molar-refractivity contribution in [1.82, 2.24) is 10.3 Å². The number of H-pyrrole nitrogens is 1. The lowest BCUT2D eigenvalue weighted by molar-refractivity contribution is -0.105. The molecule has 0 radical (unpaired) electrons. The first kappa shape index (κ1) is 14.1. The molecule has 0 aliphatic rings. The van der Waals surface area contributed by atoms with Gasteiger partial charge >= 0.3 is 0 Å². The Hall–Kier alpha value is -2.33. The zero-order valence-electron chi connectivity index (χ0n) is 10.7. The number of carbonyl (C=O) groups is 1. The summed E-state index contributed by atoms with van der Waals surface area (Å²) < 4.78 is 0. The van der Waals surface area contributed by atoms with E-state index in [9.17, 15) is 9.59 Å². The van der Waals surface area contributed by atoms with E-state index in [1.54, 1.807) is 30.3 Å². The van der Waals surface area contributed by atoms with E-state index in [4.69, 9.17) is 11.6 Å². The molecule has 4 nitrogen and oxygen atoms in total. The number of rotatable bonds is 5. The van der Waals surface area contributed by atoms with Crippen LogP contribution in [0.25, 0.3) is 10.9 Å². The van der Waals surface area contributed by atoms with Gasteiger partial charge in [0.1, 0.15) is 0 Å². The molecular formula is C15H13ClN2O2. The second kappa shape index (κ2) is 6.21. The van der Waals surface area contributed by atoms with Gasteiger partial charge in [-0.25, -0.2) is 0 Å². The molecular weight excluding hydrogens is 276 g/mol. The second-order valence-corrected chi connectivity index (χ2v) is 4.62. The molecule has 0 aliphatic heterocycles. The molecule has 102 valence electrons. The van der Waals surface area contributed by atoms with Crippen LogP contribution in [-0.4, -0.2) is 11.3 Å². The van der Waals surface area contributed by atoms with E-state index in [1.165, 1.54) is 6.08 Å². The molecule has 2 rings (SSSR count). The van der Waals surface area contributed by atoms with Gasteiger partial charge in [0.15, 0.2) is 6.29 Å². The quantitative estimate of drug-likeness (QED) is 0.505. The van der Waals surface area contributed by atoms with Gasteiger partial charge in [-0.05, 0) is 30.3 Å². The highest BCUT2D eigenvalue weighted by Gasteiger charge is 2.04. The van der Waals surface area contributed by atoms with Gasteiger partial charge in [0.25, 0.3) is 5.56 Å². The lowest BCUT2D eigenvalue weighted by Crippen LogP contribution is -2.21. The summed E-state index contributed by atoms with van der Waals surface area (Å²) in [7, 11) is 0. The predicted molar refractivity (Wildman–Crippen MR) is 80.8 cm³/mol. The van der Waals surface area contributed by atoms with E-state index in [1.807, 2.05) is 0 Å². The Balaban J connectivity index is 2.32. The summed E-state index contributed by atoms with van der Waals surface area (Å²) in [5, 5.41) is 4.32. The number of aromatic amines is 1. The van der Waals surface area contributed by atoms with E-state index >= 15 is 0 Å². The van der Waals surface area contributed by atoms with Crippen LogP contribution in [0, 0.1) is 0 Å². The standard InChI is InChI=1S/C15H13ClN2O2/c1-2-3-13(9-19)17-8-11-6-10-7-12(16)4-5-14(10)18-15(11)20/h2-7,9,17H,1,8H2,(H,18,20)/b13-3+. The van der Waals surface area contributed by atoms with Gasteiger partial charge < -0.3 is 10.3 Å². The Morgan fingerprint density at radius 1 is 1.40 bits per heavy atom. The maximum Gasteiger partial charge on any atom is 0.253 e. The minimum absolute atomic E-state index is 0.198. The van der Waals surface area contributed by atoms with E-state index in [2.05, 4.69) is 16.9 Å². The maximum atomic E-state index is 11.9. The molecule has 1 heterocycles. The molecule has 2 aromatic rings. The molecule has 5 heteroatoms. The fourth-order valence-electron chi connectivity index (χ4n) is 1.82. The molecule has 20 heavy (non-hydrogen) atoms. The molecule has 0 aliphatic carbocycles. The Morgan fingerprint density at radius 2 is 2.20 bits per heavy atom. The summed E-state index contributed by atoms with van der Waals surface area (Å²) in [5.74, 6) is 0. The number of benzene rings is 1. The van der Waals surface area contributed by atoms with Crippen LogP contribution in [0.4, 0.5) is 0 Å². The van der Waals surface area contributed by atoms with Gasteiger partial charge in [-0.1, -0.05) is 24.3 Å². The van der Waals surface area contributed by atoms with Gasteiger partial charge in [-0.2, -0.15) is 0 Å². The van der Waals surface area contributed by atoms with Gasteiger partial charge in [0.2, 0.25) is 0 Å². The fourth-order valence-corrected chi connectivity index (χ4v) is 2.00. The first-order chi connectivity index (χ1) is 9.63. The van der Waals surface area contributed by atoms with Gasteiger partial charge in [-0.3, -0.25) is 9.59 Å². The Bertz CT molecular complexity index is 747. The lowest BCUT2D eigenvalue weighted by atomic mass is 10.1. The highest BCUT2D eigenvalue weighted by Crippen LogP contribution is 2.17. The van der Waals surface area contributed by atoms with Gasteiger partial charge in [0, 0.05) is 28.0 Å². The van der Waals surface area contributed by atoms with Crippen molar-refractivity contribution >= 4 is 28.8 Å². The number of allylic oxidation sites excluding steroid dienone is 3. The average Bonchev–Trinajstić information content (AvgIpc) is 2.44. The normalized spacial score (nSPS) is 11.3. The highest BCUT2D eigenvalue weighted by molar-refractivity contribution is 6.31. The molecule has 2 N–H and O–H groups in total. The maximum absolute atomic E-state index is 11.9. The van der Waals surface area contributed by atoms with Crippen molar-refractivity contribution in [2.75, 3.05) is 0 Å². The van der Waals surface area contributed by atoms with Crippen molar-refractivity contribution in [2.45, 2.75) is 6.54 Å². The molecule has 0 unspecified atom stereocenters. The number of pyridine rings is 1. The second-order valence-electron chi connectivity index (χ2n) is 4.18. The van der Waals surface area contributed by atoms with Crippen molar-refractivity contribution in [3.63, 3.8) is 0 Å². The zero-order valence-corrected chi connectivity index (χ0v) is 11.4. The molecule has 1 aromatic heterocycles. The van der Waals surface area contributed by atoms with Crippen LogP contribution in [0.15, 0.2) is 53.5 Å². The summed E-state index contributed by atoms with van der Waals surface area (Å²) in [6.45, 7) is 3.76. The van der Waals surface area contributed by atoms with E-state index in [0.29, 0.717) is 22.6 Å². The Kier molecular flexibility index (Phi) is 4.38. The van der Waals surface area contributed by atoms with Crippen LogP contribution in [0.2, 0.25) is 5.02 Å². The Morgan fingerprint density at radius 3 is 2.90 bits per heavy atom. The van der Waals surface area contributed by atoms with Gasteiger partial charge in [-0.15, -0.1) is 0 Å². The summed E-state index contributed by atoms with van der Waals surface area (Å²) in [4.78, 5) is 25.5. The molecule has 0 saturated heterocycles. The van der Waals surface area contributed by atoms with Crippen LogP contribution in [-0.2, 0) is 11.3 Å². The van der Waals surface area contributed by atoms with Gasteiger partial charge in [0.05, 0.1) is 5.70 Å². The van der Waals surface area contributed by atoms with E-state index in [0.717, 1.165) is 10.9 Å². The number of nitrogens with one attached hydrogen (secondary N) is 2. The number of aromatic nitrogens is 1. The number of halogens is 1. The number of hydrogen-bond donors (Lipinski definition) is 2.